The summed E-state index contributed by atoms with van der Waals surface area (Å²) in [6.07, 6.45) is -2.93. The van der Waals surface area contributed by atoms with Gasteiger partial charge in [0.2, 0.25) is 5.91 Å². The zero-order chi connectivity index (χ0) is 21.5. The number of benzene rings is 1. The molecule has 0 aliphatic carbocycles. The van der Waals surface area contributed by atoms with E-state index in [4.69, 9.17) is 11.6 Å². The van der Waals surface area contributed by atoms with E-state index in [1.807, 2.05) is 0 Å². The molecule has 3 heterocycles. The Hall–Kier alpha value is -2.61. The van der Waals surface area contributed by atoms with Crippen molar-refractivity contribution < 1.29 is 18.0 Å². The average molecular weight is 437 g/mol. The fourth-order valence-electron chi connectivity index (χ4n) is 3.85. The summed E-state index contributed by atoms with van der Waals surface area (Å²) in [5, 5.41) is 4.52. The van der Waals surface area contributed by atoms with Crippen LogP contribution in [0.3, 0.4) is 0 Å². The topological polar surface area (TPSA) is 50.5 Å². The number of aromatic nitrogens is 3. The maximum absolute atomic E-state index is 13.6. The first-order valence-corrected chi connectivity index (χ1v) is 10.1. The molecule has 0 radical (unpaired) electrons. The second-order valence-corrected chi connectivity index (χ2v) is 8.04. The van der Waals surface area contributed by atoms with Crippen LogP contribution in [0.2, 0.25) is 5.02 Å². The summed E-state index contributed by atoms with van der Waals surface area (Å²) in [6, 6.07) is 9.66. The van der Waals surface area contributed by atoms with Crippen LogP contribution in [0.5, 0.6) is 0 Å². The molecule has 1 aliphatic rings. The lowest BCUT2D eigenvalue weighted by atomic mass is 9.93. The number of piperidine rings is 1. The van der Waals surface area contributed by atoms with Gasteiger partial charge in [-0.3, -0.25) is 4.79 Å². The van der Waals surface area contributed by atoms with Crippen LogP contribution in [0.15, 0.2) is 36.4 Å². The van der Waals surface area contributed by atoms with Crippen LogP contribution in [0.1, 0.15) is 41.4 Å². The van der Waals surface area contributed by atoms with Gasteiger partial charge < -0.3 is 4.90 Å². The van der Waals surface area contributed by atoms with Crippen molar-refractivity contribution in [1.82, 2.24) is 19.5 Å². The lowest BCUT2D eigenvalue weighted by Gasteiger charge is -2.33. The molecule has 158 valence electrons. The minimum Gasteiger partial charge on any atom is -0.342 e. The molecule has 4 rings (SSSR count). The number of hydrogen-bond acceptors (Lipinski definition) is 3. The van der Waals surface area contributed by atoms with Gasteiger partial charge in [0.15, 0.2) is 5.65 Å². The van der Waals surface area contributed by atoms with Gasteiger partial charge in [-0.15, -0.1) is 0 Å². The monoisotopic (exact) mass is 436 g/mol. The molecule has 1 amide bonds. The van der Waals surface area contributed by atoms with Crippen LogP contribution in [-0.2, 0) is 17.4 Å². The largest absolute Gasteiger partial charge is 0.433 e. The van der Waals surface area contributed by atoms with Gasteiger partial charge in [-0.1, -0.05) is 23.7 Å². The molecule has 0 spiro atoms. The molecule has 30 heavy (non-hydrogen) atoms. The Labute approximate surface area is 176 Å². The van der Waals surface area contributed by atoms with E-state index in [0.29, 0.717) is 42.3 Å². The smallest absolute Gasteiger partial charge is 0.342 e. The molecule has 9 heteroatoms. The van der Waals surface area contributed by atoms with Crippen LogP contribution in [0, 0.1) is 6.92 Å². The maximum Gasteiger partial charge on any atom is 0.433 e. The summed E-state index contributed by atoms with van der Waals surface area (Å²) >= 11 is 5.88. The number of fused-ring (bicyclic) bond motifs is 1. The fraction of sp³-hybridized carbons (Fsp3) is 0.381. The Morgan fingerprint density at radius 3 is 2.67 bits per heavy atom. The summed E-state index contributed by atoms with van der Waals surface area (Å²) < 4.78 is 41.6. The number of amides is 1. The molecule has 1 atom stereocenters. The Kier molecular flexibility index (Phi) is 5.44. The number of nitrogens with zero attached hydrogens (tertiary/aromatic N) is 4. The summed E-state index contributed by atoms with van der Waals surface area (Å²) in [5.74, 6) is -0.312. The molecule has 1 fully saturated rings. The second-order valence-electron chi connectivity index (χ2n) is 7.60. The summed E-state index contributed by atoms with van der Waals surface area (Å²) in [4.78, 5) is 18.9. The predicted octanol–water partition coefficient (Wildman–Crippen LogP) is 4.66. The summed E-state index contributed by atoms with van der Waals surface area (Å²) in [5.41, 5.74) is 0.981. The zero-order valence-electron chi connectivity index (χ0n) is 16.3. The van der Waals surface area contributed by atoms with Gasteiger partial charge in [0.1, 0.15) is 5.69 Å². The van der Waals surface area contributed by atoms with E-state index >= 15 is 0 Å². The van der Waals surface area contributed by atoms with Gasteiger partial charge in [0, 0.05) is 35.8 Å². The molecular formula is C21H20ClF3N4O. The van der Waals surface area contributed by atoms with Gasteiger partial charge in [-0.25, -0.2) is 9.50 Å². The molecule has 3 aromatic rings. The number of likely N-dealkylation sites (tertiary alicyclic amines) is 1. The van der Waals surface area contributed by atoms with Crippen molar-refractivity contribution >= 4 is 23.2 Å². The van der Waals surface area contributed by atoms with Gasteiger partial charge in [-0.05, 0) is 43.5 Å². The number of alkyl halides is 3. The molecular weight excluding hydrogens is 417 g/mol. The third-order valence-electron chi connectivity index (χ3n) is 5.32. The first-order chi connectivity index (χ1) is 14.2. The first-order valence-electron chi connectivity index (χ1n) is 9.67. The molecule has 1 saturated heterocycles. The molecule has 5 nitrogen and oxygen atoms in total. The van der Waals surface area contributed by atoms with Crippen LogP contribution >= 0.6 is 11.6 Å². The van der Waals surface area contributed by atoms with Crippen molar-refractivity contribution in [2.24, 2.45) is 0 Å². The Morgan fingerprint density at radius 2 is 1.97 bits per heavy atom. The van der Waals surface area contributed by atoms with Crippen molar-refractivity contribution in [2.45, 2.75) is 38.3 Å². The Balaban J connectivity index is 1.57. The molecule has 2 aromatic heterocycles. The lowest BCUT2D eigenvalue weighted by Crippen LogP contribution is -2.40. The first kappa shape index (κ1) is 20.7. The number of aryl methyl sites for hydroxylation is 1. The third-order valence-corrected chi connectivity index (χ3v) is 5.57. The number of carbonyl (C=O) groups excluding carboxylic acids is 1. The fourth-order valence-corrected chi connectivity index (χ4v) is 3.98. The van der Waals surface area contributed by atoms with Gasteiger partial charge >= 0.3 is 6.18 Å². The number of hydrogen-bond donors (Lipinski definition) is 0. The van der Waals surface area contributed by atoms with Crippen molar-refractivity contribution in [1.29, 1.82) is 0 Å². The van der Waals surface area contributed by atoms with E-state index in [0.717, 1.165) is 16.1 Å². The minimum absolute atomic E-state index is 0.0562. The molecule has 0 saturated carbocycles. The number of rotatable bonds is 3. The standard InChI is InChI=1S/C21H20ClF3N4O/c1-13-9-19-26-17(11-18(21(23,24)25)29(19)27-13)15-3-2-8-28(12-15)20(30)10-14-4-6-16(22)7-5-14/h4-7,9,11,15H,2-3,8,10,12H2,1H3/t15-/m1/s1. The molecule has 0 unspecified atom stereocenters. The van der Waals surface area contributed by atoms with E-state index in [1.165, 1.54) is 6.07 Å². The summed E-state index contributed by atoms with van der Waals surface area (Å²) in [6.45, 7) is 2.56. The molecule has 1 aromatic carbocycles. The minimum atomic E-state index is -4.55. The lowest BCUT2D eigenvalue weighted by molar-refractivity contribution is -0.142. The SMILES string of the molecule is Cc1cc2nc([C@@H]3CCCN(C(=O)Cc4ccc(Cl)cc4)C3)cc(C(F)(F)F)n2n1. The highest BCUT2D eigenvalue weighted by atomic mass is 35.5. The molecule has 0 bridgehead atoms. The number of halogens is 4. The van der Waals surface area contributed by atoms with Crippen LogP contribution < -0.4 is 0 Å². The maximum atomic E-state index is 13.6. The van der Waals surface area contributed by atoms with Crippen molar-refractivity contribution in [3.8, 4) is 0 Å². The predicted molar refractivity (Wildman–Crippen MR) is 106 cm³/mol. The van der Waals surface area contributed by atoms with E-state index < -0.39 is 11.9 Å². The highest BCUT2D eigenvalue weighted by molar-refractivity contribution is 6.30. The molecule has 1 aliphatic heterocycles. The van der Waals surface area contributed by atoms with Crippen LogP contribution in [-0.4, -0.2) is 38.5 Å². The molecule has 0 N–H and O–H groups in total. The van der Waals surface area contributed by atoms with Crippen LogP contribution in [0.25, 0.3) is 5.65 Å². The van der Waals surface area contributed by atoms with Gasteiger partial charge in [-0.2, -0.15) is 18.3 Å². The quantitative estimate of drug-likeness (QED) is 0.600. The number of carbonyl (C=O) groups is 1. The van der Waals surface area contributed by atoms with Crippen molar-refractivity contribution in [3.05, 3.63) is 64.1 Å². The van der Waals surface area contributed by atoms with E-state index in [-0.39, 0.29) is 23.9 Å². The third kappa shape index (κ3) is 4.28. The van der Waals surface area contributed by atoms with E-state index in [2.05, 4.69) is 10.1 Å². The Morgan fingerprint density at radius 1 is 1.23 bits per heavy atom. The second kappa shape index (κ2) is 7.91. The van der Waals surface area contributed by atoms with Gasteiger partial charge in [0.05, 0.1) is 12.1 Å². The van der Waals surface area contributed by atoms with E-state index in [9.17, 15) is 18.0 Å². The highest BCUT2D eigenvalue weighted by Crippen LogP contribution is 2.33. The highest BCUT2D eigenvalue weighted by Gasteiger charge is 2.36. The normalized spacial score (nSPS) is 17.5. The van der Waals surface area contributed by atoms with Gasteiger partial charge in [0.25, 0.3) is 0 Å². The van der Waals surface area contributed by atoms with Crippen LogP contribution in [0.4, 0.5) is 13.2 Å². The zero-order valence-corrected chi connectivity index (χ0v) is 17.0. The van der Waals surface area contributed by atoms with Crippen molar-refractivity contribution in [3.63, 3.8) is 0 Å². The average Bonchev–Trinajstić information content (AvgIpc) is 3.08. The Bertz CT molecular complexity index is 1080. The van der Waals surface area contributed by atoms with Crippen molar-refractivity contribution in [2.75, 3.05) is 13.1 Å². The summed E-state index contributed by atoms with van der Waals surface area (Å²) in [7, 11) is 0. The van der Waals surface area contributed by atoms with E-state index in [1.54, 1.807) is 36.1 Å².